The van der Waals surface area contributed by atoms with Crippen LogP contribution in [0.15, 0.2) is 47.6 Å². The van der Waals surface area contributed by atoms with E-state index in [1.807, 2.05) is 0 Å². The summed E-state index contributed by atoms with van der Waals surface area (Å²) in [5.74, 6) is 0.0385. The highest BCUT2D eigenvalue weighted by atomic mass is 35.5. The lowest BCUT2D eigenvalue weighted by atomic mass is 10.2. The van der Waals surface area contributed by atoms with Crippen molar-refractivity contribution in [2.24, 2.45) is 5.10 Å². The van der Waals surface area contributed by atoms with E-state index >= 15 is 0 Å². The summed E-state index contributed by atoms with van der Waals surface area (Å²) in [5, 5.41) is 13.9. The maximum absolute atomic E-state index is 11.6. The molecule has 0 aromatic heterocycles. The van der Waals surface area contributed by atoms with E-state index in [0.29, 0.717) is 21.4 Å². The lowest BCUT2D eigenvalue weighted by Gasteiger charge is -2.06. The Labute approximate surface area is 137 Å². The molecule has 0 aliphatic carbocycles. The molecule has 5 nitrogen and oxygen atoms in total. The van der Waals surface area contributed by atoms with Crippen LogP contribution in [0.2, 0.25) is 10.0 Å². The predicted octanol–water partition coefficient (Wildman–Crippen LogP) is 3.23. The van der Waals surface area contributed by atoms with Crippen LogP contribution in [0.4, 0.5) is 0 Å². The van der Waals surface area contributed by atoms with E-state index in [2.05, 4.69) is 10.5 Å². The highest BCUT2D eigenvalue weighted by Gasteiger charge is 2.05. The van der Waals surface area contributed by atoms with Crippen LogP contribution < -0.4 is 10.2 Å². The quantitative estimate of drug-likeness (QED) is 0.649. The first-order valence-corrected chi connectivity index (χ1v) is 6.99. The number of hydrogen-bond donors (Lipinski definition) is 2. The van der Waals surface area contributed by atoms with Crippen molar-refractivity contribution in [2.75, 3.05) is 6.61 Å². The van der Waals surface area contributed by atoms with Crippen molar-refractivity contribution in [1.82, 2.24) is 5.43 Å². The number of aromatic hydroxyl groups is 1. The zero-order valence-corrected chi connectivity index (χ0v) is 12.8. The summed E-state index contributed by atoms with van der Waals surface area (Å²) in [6.07, 6.45) is 1.41. The number of phenols is 1. The molecule has 0 aliphatic rings. The van der Waals surface area contributed by atoms with Gasteiger partial charge in [0.15, 0.2) is 6.61 Å². The molecule has 114 valence electrons. The number of hydrogen-bond acceptors (Lipinski definition) is 4. The van der Waals surface area contributed by atoms with Crippen LogP contribution in [0.3, 0.4) is 0 Å². The number of ether oxygens (including phenoxy) is 1. The minimum Gasteiger partial charge on any atom is -0.508 e. The number of phenolic OH excluding ortho intramolecular Hbond substituents is 1. The monoisotopic (exact) mass is 338 g/mol. The first-order chi connectivity index (χ1) is 10.5. The van der Waals surface area contributed by atoms with E-state index in [-0.39, 0.29) is 12.4 Å². The molecule has 0 unspecified atom stereocenters. The molecule has 0 radical (unpaired) electrons. The van der Waals surface area contributed by atoms with Crippen molar-refractivity contribution in [3.05, 3.63) is 58.1 Å². The molecule has 2 rings (SSSR count). The maximum atomic E-state index is 11.6. The van der Waals surface area contributed by atoms with E-state index in [4.69, 9.17) is 27.9 Å². The van der Waals surface area contributed by atoms with Crippen molar-refractivity contribution < 1.29 is 14.6 Å². The lowest BCUT2D eigenvalue weighted by molar-refractivity contribution is -0.123. The van der Waals surface area contributed by atoms with Crippen molar-refractivity contribution in [1.29, 1.82) is 0 Å². The van der Waals surface area contributed by atoms with E-state index in [1.54, 1.807) is 30.3 Å². The molecule has 1 amide bonds. The Morgan fingerprint density at radius 2 is 2.09 bits per heavy atom. The zero-order valence-electron chi connectivity index (χ0n) is 11.3. The summed E-state index contributed by atoms with van der Waals surface area (Å²) in [5.41, 5.74) is 2.96. The second-order valence-corrected chi connectivity index (χ2v) is 5.10. The molecule has 2 aromatic rings. The molecule has 0 aliphatic heterocycles. The van der Waals surface area contributed by atoms with E-state index in [0.717, 1.165) is 0 Å². The first kappa shape index (κ1) is 16.1. The van der Waals surface area contributed by atoms with Gasteiger partial charge in [0.2, 0.25) is 0 Å². The van der Waals surface area contributed by atoms with Gasteiger partial charge in [0.05, 0.1) is 11.2 Å². The zero-order chi connectivity index (χ0) is 15.9. The molecular weight excluding hydrogens is 327 g/mol. The van der Waals surface area contributed by atoms with Crippen molar-refractivity contribution in [3.8, 4) is 11.5 Å². The number of hydrazone groups is 1. The Morgan fingerprint density at radius 3 is 2.82 bits per heavy atom. The van der Waals surface area contributed by atoms with Gasteiger partial charge >= 0.3 is 0 Å². The summed E-state index contributed by atoms with van der Waals surface area (Å²) in [6, 6.07) is 11.2. The molecule has 22 heavy (non-hydrogen) atoms. The Bertz CT molecular complexity index is 705. The molecule has 0 saturated carbocycles. The number of halogens is 2. The maximum Gasteiger partial charge on any atom is 0.277 e. The standard InChI is InChI=1S/C15H12Cl2N2O3/c16-11-4-5-14(13(17)7-11)22-9-15(21)19-18-8-10-2-1-3-12(20)6-10/h1-8,20H,9H2,(H,19,21). The first-order valence-electron chi connectivity index (χ1n) is 6.23. The number of benzene rings is 2. The molecule has 2 N–H and O–H groups in total. The van der Waals surface area contributed by atoms with Crippen LogP contribution >= 0.6 is 23.2 Å². The molecule has 0 spiro atoms. The van der Waals surface area contributed by atoms with Gasteiger partial charge in [-0.05, 0) is 35.9 Å². The van der Waals surface area contributed by atoms with Gasteiger partial charge in [-0.3, -0.25) is 4.79 Å². The normalized spacial score (nSPS) is 10.6. The fourth-order valence-electron chi connectivity index (χ4n) is 1.55. The van der Waals surface area contributed by atoms with Crippen LogP contribution in [0.1, 0.15) is 5.56 Å². The minimum atomic E-state index is -0.442. The summed E-state index contributed by atoms with van der Waals surface area (Å²) < 4.78 is 5.26. The fraction of sp³-hybridized carbons (Fsp3) is 0.0667. The topological polar surface area (TPSA) is 70.9 Å². The molecule has 0 atom stereocenters. The van der Waals surface area contributed by atoms with E-state index < -0.39 is 5.91 Å². The number of nitrogens with one attached hydrogen (secondary N) is 1. The van der Waals surface area contributed by atoms with E-state index in [1.165, 1.54) is 18.3 Å². The molecule has 2 aromatic carbocycles. The highest BCUT2D eigenvalue weighted by Crippen LogP contribution is 2.27. The highest BCUT2D eigenvalue weighted by molar-refractivity contribution is 6.35. The average molecular weight is 339 g/mol. The van der Waals surface area contributed by atoms with Gasteiger partial charge in [0.1, 0.15) is 11.5 Å². The summed E-state index contributed by atoms with van der Waals surface area (Å²) in [7, 11) is 0. The summed E-state index contributed by atoms with van der Waals surface area (Å²) in [4.78, 5) is 11.6. The third kappa shape index (κ3) is 4.95. The van der Waals surface area contributed by atoms with Gasteiger partial charge in [-0.15, -0.1) is 0 Å². The minimum absolute atomic E-state index is 0.121. The molecule has 0 saturated heterocycles. The second-order valence-electron chi connectivity index (χ2n) is 4.25. The van der Waals surface area contributed by atoms with Gasteiger partial charge in [0, 0.05) is 5.02 Å². The lowest BCUT2D eigenvalue weighted by Crippen LogP contribution is -2.24. The van der Waals surface area contributed by atoms with Crippen molar-refractivity contribution in [3.63, 3.8) is 0 Å². The second kappa shape index (κ2) is 7.68. The van der Waals surface area contributed by atoms with Gasteiger partial charge in [-0.2, -0.15) is 5.10 Å². The third-order valence-electron chi connectivity index (χ3n) is 2.53. The Hall–Kier alpha value is -2.24. The molecule has 0 heterocycles. The Kier molecular flexibility index (Phi) is 5.63. The largest absolute Gasteiger partial charge is 0.508 e. The number of rotatable bonds is 5. The number of amides is 1. The molecule has 7 heteroatoms. The van der Waals surface area contributed by atoms with E-state index in [9.17, 15) is 9.90 Å². The Morgan fingerprint density at radius 1 is 1.27 bits per heavy atom. The van der Waals surface area contributed by atoms with Crippen LogP contribution in [-0.2, 0) is 4.79 Å². The fourth-order valence-corrected chi connectivity index (χ4v) is 2.01. The number of carbonyl (C=O) groups is 1. The van der Waals surface area contributed by atoms with Crippen LogP contribution in [0, 0.1) is 0 Å². The van der Waals surface area contributed by atoms with Gasteiger partial charge < -0.3 is 9.84 Å². The molecule has 0 fully saturated rings. The number of nitrogens with zero attached hydrogens (tertiary/aromatic N) is 1. The van der Waals surface area contributed by atoms with Crippen LogP contribution in [0.25, 0.3) is 0 Å². The van der Waals surface area contributed by atoms with Crippen molar-refractivity contribution >= 4 is 35.3 Å². The van der Waals surface area contributed by atoms with Gasteiger partial charge in [-0.25, -0.2) is 5.43 Å². The van der Waals surface area contributed by atoms with Crippen molar-refractivity contribution in [2.45, 2.75) is 0 Å². The van der Waals surface area contributed by atoms with Crippen LogP contribution in [0.5, 0.6) is 11.5 Å². The summed E-state index contributed by atoms with van der Waals surface area (Å²) in [6.45, 7) is -0.237. The SMILES string of the molecule is O=C(COc1ccc(Cl)cc1Cl)NN=Cc1cccc(O)c1. The molecular formula is C15H12Cl2N2O3. The van der Waals surface area contributed by atoms with Gasteiger partial charge in [0.25, 0.3) is 5.91 Å². The van der Waals surface area contributed by atoms with Crippen LogP contribution in [-0.4, -0.2) is 23.8 Å². The Balaban J connectivity index is 1.83. The molecule has 0 bridgehead atoms. The smallest absolute Gasteiger partial charge is 0.277 e. The average Bonchev–Trinajstić information content (AvgIpc) is 2.46. The van der Waals surface area contributed by atoms with Gasteiger partial charge in [-0.1, -0.05) is 35.3 Å². The predicted molar refractivity (Wildman–Crippen MR) is 85.8 cm³/mol. The number of carbonyl (C=O) groups excluding carboxylic acids is 1. The third-order valence-corrected chi connectivity index (χ3v) is 3.06. The summed E-state index contributed by atoms with van der Waals surface area (Å²) >= 11 is 11.7.